The summed E-state index contributed by atoms with van der Waals surface area (Å²) in [6.07, 6.45) is 2.32. The van der Waals surface area contributed by atoms with E-state index in [1.165, 1.54) is 72.8 Å². The Hall–Kier alpha value is -7.16. The van der Waals surface area contributed by atoms with Gasteiger partial charge in [0.05, 0.1) is 16.8 Å². The number of hydrogen-bond acceptors (Lipinski definition) is 2. The fraction of sp³-hybridized carbons (Fsp3) is 0.148. The van der Waals surface area contributed by atoms with Crippen LogP contribution in [0.15, 0.2) is 205 Å². The first-order chi connectivity index (χ1) is 30.7. The van der Waals surface area contributed by atoms with Crippen molar-refractivity contribution >= 4 is 49.8 Å². The van der Waals surface area contributed by atoms with E-state index in [4.69, 9.17) is 4.42 Å². The standard InChI is InChI=1S/C61H49NO/c1-59(2)35-36-60(3,4)53-39-51-49(38-52(53)59)48-29-18-28-47(58(48)61(51,41-21-7-5-8-22-41)42-23-9-6-10-24-42)45-26-13-15-30-55(45)62(54-31-17-20-40-19-11-12-25-44(40)54)43-33-34-57-50(37-43)46-27-14-16-32-56(46)63-57/h5-34,37-39H,35-36H2,1-4H3. The van der Waals surface area contributed by atoms with Crippen LogP contribution in [-0.4, -0.2) is 0 Å². The van der Waals surface area contributed by atoms with Crippen molar-refractivity contribution in [2.24, 2.45) is 0 Å². The van der Waals surface area contributed by atoms with Crippen LogP contribution < -0.4 is 4.90 Å². The van der Waals surface area contributed by atoms with Gasteiger partial charge in [0, 0.05) is 27.4 Å². The van der Waals surface area contributed by atoms with Gasteiger partial charge in [-0.05, 0) is 122 Å². The Morgan fingerprint density at radius 3 is 1.68 bits per heavy atom. The van der Waals surface area contributed by atoms with Crippen molar-refractivity contribution in [3.63, 3.8) is 0 Å². The molecule has 0 unspecified atom stereocenters. The van der Waals surface area contributed by atoms with Gasteiger partial charge in [-0.1, -0.05) is 185 Å². The Bertz CT molecular complexity index is 3360. The first-order valence-corrected chi connectivity index (χ1v) is 22.5. The topological polar surface area (TPSA) is 16.4 Å². The van der Waals surface area contributed by atoms with Gasteiger partial charge in [0.15, 0.2) is 0 Å². The summed E-state index contributed by atoms with van der Waals surface area (Å²) in [4.78, 5) is 2.48. The summed E-state index contributed by atoms with van der Waals surface area (Å²) in [6.45, 7) is 9.80. The van der Waals surface area contributed by atoms with E-state index in [2.05, 4.69) is 227 Å². The van der Waals surface area contributed by atoms with Gasteiger partial charge < -0.3 is 9.32 Å². The first kappa shape index (κ1) is 37.6. The number of furan rings is 1. The average Bonchev–Trinajstić information content (AvgIpc) is 3.84. The fourth-order valence-electron chi connectivity index (χ4n) is 11.4. The third-order valence-electron chi connectivity index (χ3n) is 14.6. The molecule has 10 aromatic rings. The predicted octanol–water partition coefficient (Wildman–Crippen LogP) is 16.6. The molecule has 2 nitrogen and oxygen atoms in total. The van der Waals surface area contributed by atoms with Crippen LogP contribution in [0.25, 0.3) is 55.0 Å². The summed E-state index contributed by atoms with van der Waals surface area (Å²) >= 11 is 0. The highest BCUT2D eigenvalue weighted by molar-refractivity contribution is 6.08. The van der Waals surface area contributed by atoms with E-state index in [1.807, 2.05) is 6.07 Å². The molecule has 304 valence electrons. The molecule has 0 radical (unpaired) electrons. The van der Waals surface area contributed by atoms with E-state index < -0.39 is 5.41 Å². The van der Waals surface area contributed by atoms with Gasteiger partial charge in [-0.2, -0.15) is 0 Å². The zero-order valence-corrected chi connectivity index (χ0v) is 36.3. The van der Waals surface area contributed by atoms with Crippen LogP contribution >= 0.6 is 0 Å². The zero-order valence-electron chi connectivity index (χ0n) is 36.3. The molecule has 12 rings (SSSR count). The number of rotatable bonds is 6. The molecule has 1 heterocycles. The largest absolute Gasteiger partial charge is 0.456 e. The third-order valence-corrected chi connectivity index (χ3v) is 14.6. The smallest absolute Gasteiger partial charge is 0.135 e. The molecule has 1 aromatic heterocycles. The predicted molar refractivity (Wildman–Crippen MR) is 264 cm³/mol. The molecule has 2 heteroatoms. The molecule has 2 aliphatic carbocycles. The van der Waals surface area contributed by atoms with Crippen molar-refractivity contribution in [2.45, 2.75) is 56.8 Å². The molecule has 9 aromatic carbocycles. The monoisotopic (exact) mass is 811 g/mol. The molecule has 0 spiro atoms. The van der Waals surface area contributed by atoms with Gasteiger partial charge in [-0.25, -0.2) is 0 Å². The number of fused-ring (bicyclic) bond motifs is 8. The van der Waals surface area contributed by atoms with Gasteiger partial charge in [0.2, 0.25) is 0 Å². The summed E-state index contributed by atoms with van der Waals surface area (Å²) < 4.78 is 6.39. The van der Waals surface area contributed by atoms with Gasteiger partial charge >= 0.3 is 0 Å². The van der Waals surface area contributed by atoms with E-state index in [1.54, 1.807) is 0 Å². The SMILES string of the molecule is CC1(C)CCC(C)(C)c2cc3c(cc21)-c1cccc(-c2ccccc2N(c2ccc4oc5ccccc5c4c2)c2cccc4ccccc24)c1C3(c1ccccc1)c1ccccc1. The molecule has 63 heavy (non-hydrogen) atoms. The number of nitrogens with zero attached hydrogens (tertiary/aromatic N) is 1. The van der Waals surface area contributed by atoms with Crippen LogP contribution in [0.4, 0.5) is 17.1 Å². The molecular formula is C61H49NO. The molecule has 0 N–H and O–H groups in total. The Balaban J connectivity index is 1.19. The van der Waals surface area contributed by atoms with Crippen molar-refractivity contribution < 1.29 is 4.42 Å². The highest BCUT2D eigenvalue weighted by atomic mass is 16.3. The van der Waals surface area contributed by atoms with Crippen molar-refractivity contribution in [3.05, 3.63) is 234 Å². The molecule has 0 bridgehead atoms. The van der Waals surface area contributed by atoms with Crippen LogP contribution in [0.2, 0.25) is 0 Å². The molecule has 0 saturated heterocycles. The highest BCUT2D eigenvalue weighted by Gasteiger charge is 2.50. The summed E-state index contributed by atoms with van der Waals surface area (Å²) in [6, 6.07) is 74.5. The Kier molecular flexibility index (Phi) is 8.31. The lowest BCUT2D eigenvalue weighted by Gasteiger charge is -2.43. The second-order valence-corrected chi connectivity index (χ2v) is 19.1. The van der Waals surface area contributed by atoms with E-state index in [-0.39, 0.29) is 10.8 Å². The molecule has 2 aliphatic rings. The maximum Gasteiger partial charge on any atom is 0.135 e. The second kappa shape index (κ2) is 13.9. The quantitative estimate of drug-likeness (QED) is 0.166. The number of hydrogen-bond donors (Lipinski definition) is 0. The van der Waals surface area contributed by atoms with Crippen molar-refractivity contribution in [2.75, 3.05) is 4.90 Å². The van der Waals surface area contributed by atoms with Gasteiger partial charge in [-0.3, -0.25) is 0 Å². The summed E-state index contributed by atoms with van der Waals surface area (Å²) in [5, 5.41) is 4.61. The highest BCUT2D eigenvalue weighted by Crippen LogP contribution is 2.62. The van der Waals surface area contributed by atoms with E-state index in [9.17, 15) is 0 Å². The van der Waals surface area contributed by atoms with Crippen LogP contribution in [0.5, 0.6) is 0 Å². The lowest BCUT2D eigenvalue weighted by molar-refractivity contribution is 0.331. The van der Waals surface area contributed by atoms with Crippen LogP contribution in [-0.2, 0) is 16.2 Å². The normalized spacial score (nSPS) is 15.6. The third kappa shape index (κ3) is 5.57. The zero-order chi connectivity index (χ0) is 42.5. The van der Waals surface area contributed by atoms with Crippen LogP contribution in [0.1, 0.15) is 73.9 Å². The van der Waals surface area contributed by atoms with Gasteiger partial charge in [-0.15, -0.1) is 0 Å². The van der Waals surface area contributed by atoms with E-state index in [0.717, 1.165) is 45.4 Å². The van der Waals surface area contributed by atoms with Crippen molar-refractivity contribution in [3.8, 4) is 22.3 Å². The van der Waals surface area contributed by atoms with E-state index in [0.29, 0.717) is 0 Å². The summed E-state index contributed by atoms with van der Waals surface area (Å²) in [7, 11) is 0. The van der Waals surface area contributed by atoms with Crippen LogP contribution in [0, 0.1) is 0 Å². The number of para-hydroxylation sites is 2. The maximum atomic E-state index is 6.39. The molecule has 0 fully saturated rings. The molecule has 0 saturated carbocycles. The minimum absolute atomic E-state index is 0.0452. The molecular weight excluding hydrogens is 763 g/mol. The fourth-order valence-corrected chi connectivity index (χ4v) is 11.4. The Labute approximate surface area is 370 Å². The first-order valence-electron chi connectivity index (χ1n) is 22.5. The van der Waals surface area contributed by atoms with Gasteiger partial charge in [0.25, 0.3) is 0 Å². The number of anilines is 3. The minimum Gasteiger partial charge on any atom is -0.456 e. The summed E-state index contributed by atoms with van der Waals surface area (Å²) in [5.74, 6) is 0. The molecule has 0 aliphatic heterocycles. The maximum absolute atomic E-state index is 6.39. The number of benzene rings is 9. The minimum atomic E-state index is -0.595. The Morgan fingerprint density at radius 2 is 0.937 bits per heavy atom. The lowest BCUT2D eigenvalue weighted by Crippen LogP contribution is -2.35. The molecule has 0 amide bonds. The van der Waals surface area contributed by atoms with Gasteiger partial charge in [0.1, 0.15) is 11.2 Å². The molecule has 0 atom stereocenters. The van der Waals surface area contributed by atoms with Crippen LogP contribution in [0.3, 0.4) is 0 Å². The van der Waals surface area contributed by atoms with Crippen molar-refractivity contribution in [1.29, 1.82) is 0 Å². The second-order valence-electron chi connectivity index (χ2n) is 19.1. The lowest BCUT2D eigenvalue weighted by atomic mass is 9.60. The van der Waals surface area contributed by atoms with E-state index >= 15 is 0 Å². The summed E-state index contributed by atoms with van der Waals surface area (Å²) in [5.41, 5.74) is 17.9. The van der Waals surface area contributed by atoms with Crippen molar-refractivity contribution in [1.82, 2.24) is 0 Å². The Morgan fingerprint density at radius 1 is 0.397 bits per heavy atom. The average molecular weight is 812 g/mol.